The van der Waals surface area contributed by atoms with Crippen LogP contribution in [0.2, 0.25) is 0 Å². The van der Waals surface area contributed by atoms with E-state index in [0.717, 1.165) is 16.7 Å². The highest BCUT2D eigenvalue weighted by Gasteiger charge is 2.33. The van der Waals surface area contributed by atoms with Gasteiger partial charge in [0, 0.05) is 18.7 Å². The lowest BCUT2D eigenvalue weighted by atomic mass is 9.84. The zero-order valence-electron chi connectivity index (χ0n) is 25.1. The van der Waals surface area contributed by atoms with E-state index < -0.39 is 42.8 Å². The fourth-order valence-electron chi connectivity index (χ4n) is 5.03. The summed E-state index contributed by atoms with van der Waals surface area (Å²) in [6.45, 7) is -1.00. The molecule has 2 heterocycles. The number of hydrogen-bond donors (Lipinski definition) is 4. The minimum Gasteiger partial charge on any atom is -0.453 e. The van der Waals surface area contributed by atoms with Crippen LogP contribution in [0, 0.1) is 0 Å². The van der Waals surface area contributed by atoms with E-state index >= 15 is 0 Å². The number of halogens is 3. The van der Waals surface area contributed by atoms with Crippen LogP contribution in [0.1, 0.15) is 29.0 Å². The second kappa shape index (κ2) is 16.6. The lowest BCUT2D eigenvalue weighted by Crippen LogP contribution is -2.49. The number of nitrogens with zero attached hydrogens (tertiary/aromatic N) is 1. The Labute approximate surface area is 264 Å². The van der Waals surface area contributed by atoms with E-state index in [0.29, 0.717) is 25.1 Å². The van der Waals surface area contributed by atoms with Crippen LogP contribution in [0.4, 0.5) is 28.4 Å². The van der Waals surface area contributed by atoms with Gasteiger partial charge >= 0.3 is 18.4 Å². The number of aryl methyl sites for hydroxylation is 1. The number of ether oxygens (including phenoxy) is 3. The highest BCUT2D eigenvalue weighted by Crippen LogP contribution is 2.30. The fraction of sp³-hybridized carbons (Fsp3) is 0.375. The summed E-state index contributed by atoms with van der Waals surface area (Å²) in [7, 11) is 1.23. The third kappa shape index (κ3) is 10.4. The Morgan fingerprint density at radius 1 is 1.02 bits per heavy atom. The number of carbonyl (C=O) groups excluding carboxylic acids is 3. The maximum absolute atomic E-state index is 13.9. The molecule has 1 fully saturated rings. The van der Waals surface area contributed by atoms with Gasteiger partial charge in [0.2, 0.25) is 5.91 Å². The molecular weight excluding hydrogens is 607 g/mol. The predicted molar refractivity (Wildman–Crippen MR) is 162 cm³/mol. The molecule has 0 bridgehead atoms. The molecule has 0 saturated carbocycles. The van der Waals surface area contributed by atoms with Gasteiger partial charge in [0.05, 0.1) is 37.7 Å². The number of aromatic nitrogens is 1. The average molecular weight is 644 g/mol. The van der Waals surface area contributed by atoms with Crippen LogP contribution in [0.25, 0.3) is 0 Å². The summed E-state index contributed by atoms with van der Waals surface area (Å²) in [5.74, 6) is -0.994. The van der Waals surface area contributed by atoms with E-state index in [1.54, 1.807) is 23.8 Å². The Morgan fingerprint density at radius 3 is 2.28 bits per heavy atom. The second-order valence-electron chi connectivity index (χ2n) is 10.6. The van der Waals surface area contributed by atoms with Gasteiger partial charge in [-0.3, -0.25) is 9.78 Å². The number of carbonyl (C=O) groups is 3. The van der Waals surface area contributed by atoms with E-state index in [9.17, 15) is 27.6 Å². The van der Waals surface area contributed by atoms with Crippen LogP contribution in [0.5, 0.6) is 0 Å². The SMILES string of the molecule is COC(=O)N[C@H](C(=O)Nc1cnccc1CC[C@@H]1CN[C@H](COC(=O)NCC(F)(F)F)CO1)C(c1ccccc1)c1ccccc1. The van der Waals surface area contributed by atoms with Gasteiger partial charge in [0.1, 0.15) is 19.2 Å². The highest BCUT2D eigenvalue weighted by atomic mass is 19.4. The molecule has 3 atom stereocenters. The Hall–Kier alpha value is -4.69. The summed E-state index contributed by atoms with van der Waals surface area (Å²) in [5.41, 5.74) is 2.92. The molecule has 4 N–H and O–H groups in total. The van der Waals surface area contributed by atoms with E-state index in [1.807, 2.05) is 60.7 Å². The van der Waals surface area contributed by atoms with Crippen molar-refractivity contribution in [2.75, 3.05) is 38.7 Å². The number of alkyl carbamates (subject to hydrolysis) is 2. The van der Waals surface area contributed by atoms with Gasteiger partial charge in [-0.05, 0) is 35.6 Å². The maximum Gasteiger partial charge on any atom is 0.407 e. The van der Waals surface area contributed by atoms with Crippen molar-refractivity contribution in [3.63, 3.8) is 0 Å². The Balaban J connectivity index is 1.38. The number of rotatable bonds is 12. The molecule has 1 aliphatic rings. The standard InChI is InChI=1S/C32H36F3N5O6/c1-44-31(43)40-28(27(22-8-4-2-5-9-22)23-10-6-3-7-11-23)29(41)39-26-17-36-15-14-21(26)12-13-25-16-37-24(18-45-25)19-46-30(42)38-20-32(33,34)35/h2-11,14-15,17,24-25,27-28,37H,12-13,16,18-20H2,1H3,(H,38,42)(H,39,41)(H,40,43)/t24-,25+,28-/m0/s1. The number of alkyl halides is 3. The minimum absolute atomic E-state index is 0.148. The first-order valence-electron chi connectivity index (χ1n) is 14.6. The summed E-state index contributed by atoms with van der Waals surface area (Å²) in [6, 6.07) is 19.2. The van der Waals surface area contributed by atoms with Crippen molar-refractivity contribution in [3.05, 3.63) is 95.8 Å². The topological polar surface area (TPSA) is 140 Å². The molecule has 2 aromatic carbocycles. The normalized spacial score (nSPS) is 17.1. The summed E-state index contributed by atoms with van der Waals surface area (Å²) in [5, 5.41) is 10.5. The number of nitrogens with one attached hydrogen (secondary N) is 4. The molecule has 1 aliphatic heterocycles. The van der Waals surface area contributed by atoms with Gasteiger partial charge in [-0.25, -0.2) is 9.59 Å². The zero-order chi connectivity index (χ0) is 32.9. The Bertz CT molecular complexity index is 1380. The van der Waals surface area contributed by atoms with E-state index in [2.05, 4.69) is 20.9 Å². The summed E-state index contributed by atoms with van der Waals surface area (Å²) >= 11 is 0. The molecule has 3 aromatic rings. The van der Waals surface area contributed by atoms with Crippen molar-refractivity contribution in [2.45, 2.75) is 43.1 Å². The first-order valence-corrected chi connectivity index (χ1v) is 14.6. The van der Waals surface area contributed by atoms with E-state index in [4.69, 9.17) is 14.2 Å². The molecule has 3 amide bonds. The van der Waals surface area contributed by atoms with E-state index in [1.165, 1.54) is 7.11 Å². The number of morpholine rings is 1. The Kier molecular flexibility index (Phi) is 12.3. The molecular formula is C32H36F3N5O6. The van der Waals surface area contributed by atoms with Crippen LogP contribution in [0.15, 0.2) is 79.1 Å². The number of benzene rings is 2. The van der Waals surface area contributed by atoms with Crippen LogP contribution in [-0.4, -0.2) is 80.9 Å². The molecule has 1 aromatic heterocycles. The van der Waals surface area contributed by atoms with Crippen molar-refractivity contribution in [1.82, 2.24) is 20.9 Å². The second-order valence-corrected chi connectivity index (χ2v) is 10.6. The zero-order valence-corrected chi connectivity index (χ0v) is 25.1. The highest BCUT2D eigenvalue weighted by molar-refractivity contribution is 5.98. The summed E-state index contributed by atoms with van der Waals surface area (Å²) in [4.78, 5) is 42.0. The van der Waals surface area contributed by atoms with Gasteiger partial charge in [0.25, 0.3) is 0 Å². The van der Waals surface area contributed by atoms with Crippen LogP contribution < -0.4 is 21.3 Å². The number of anilines is 1. The molecule has 0 radical (unpaired) electrons. The lowest BCUT2D eigenvalue weighted by molar-refractivity contribution is -0.124. The quantitative estimate of drug-likeness (QED) is 0.231. The molecule has 0 unspecified atom stereocenters. The third-order valence-electron chi connectivity index (χ3n) is 7.31. The molecule has 1 saturated heterocycles. The largest absolute Gasteiger partial charge is 0.453 e. The number of pyridine rings is 1. The van der Waals surface area contributed by atoms with Crippen molar-refractivity contribution in [3.8, 4) is 0 Å². The van der Waals surface area contributed by atoms with Gasteiger partial charge in [-0.2, -0.15) is 13.2 Å². The lowest BCUT2D eigenvalue weighted by Gasteiger charge is -2.30. The minimum atomic E-state index is -4.52. The molecule has 0 aliphatic carbocycles. The van der Waals surface area contributed by atoms with E-state index in [-0.39, 0.29) is 25.4 Å². The number of methoxy groups -OCH3 is 1. The van der Waals surface area contributed by atoms with Crippen LogP contribution in [0.3, 0.4) is 0 Å². The summed E-state index contributed by atoms with van der Waals surface area (Å²) < 4.78 is 52.3. The van der Waals surface area contributed by atoms with Crippen molar-refractivity contribution >= 4 is 23.8 Å². The fourth-order valence-corrected chi connectivity index (χ4v) is 5.03. The van der Waals surface area contributed by atoms with Crippen LogP contribution >= 0.6 is 0 Å². The molecule has 11 nitrogen and oxygen atoms in total. The maximum atomic E-state index is 13.9. The van der Waals surface area contributed by atoms with Gasteiger partial charge in [0.15, 0.2) is 0 Å². The Morgan fingerprint density at radius 2 is 1.70 bits per heavy atom. The first kappa shape index (κ1) is 34.2. The number of amides is 3. The predicted octanol–water partition coefficient (Wildman–Crippen LogP) is 4.15. The van der Waals surface area contributed by atoms with Crippen LogP contribution in [-0.2, 0) is 25.4 Å². The van der Waals surface area contributed by atoms with Crippen molar-refractivity contribution < 1.29 is 41.8 Å². The molecule has 246 valence electrons. The van der Waals surface area contributed by atoms with Crippen molar-refractivity contribution in [1.29, 1.82) is 0 Å². The van der Waals surface area contributed by atoms with Gasteiger partial charge < -0.3 is 35.5 Å². The first-order chi connectivity index (χ1) is 22.1. The molecule has 46 heavy (non-hydrogen) atoms. The average Bonchev–Trinajstić information content (AvgIpc) is 3.06. The van der Waals surface area contributed by atoms with Gasteiger partial charge in [-0.1, -0.05) is 60.7 Å². The van der Waals surface area contributed by atoms with Crippen molar-refractivity contribution in [2.24, 2.45) is 0 Å². The molecule has 0 spiro atoms. The van der Waals surface area contributed by atoms with Gasteiger partial charge in [-0.15, -0.1) is 0 Å². The molecule has 4 rings (SSSR count). The molecule has 14 heteroatoms. The smallest absolute Gasteiger partial charge is 0.407 e. The monoisotopic (exact) mass is 643 g/mol. The number of hydrogen-bond acceptors (Lipinski definition) is 8. The summed E-state index contributed by atoms with van der Waals surface area (Å²) in [6.07, 6.45) is -2.40. The third-order valence-corrected chi connectivity index (χ3v) is 7.31.